The van der Waals surface area contributed by atoms with Crippen LogP contribution in [0.25, 0.3) is 0 Å². The fraction of sp³-hybridized carbons (Fsp3) is 0.222. The maximum Gasteiger partial charge on any atom is 0.228 e. The van der Waals surface area contributed by atoms with E-state index in [2.05, 4.69) is 5.32 Å². The highest BCUT2D eigenvalue weighted by Crippen LogP contribution is 2.35. The summed E-state index contributed by atoms with van der Waals surface area (Å²) in [7, 11) is 0. The molecule has 118 valence electrons. The topological polar surface area (TPSA) is 49.4 Å². The summed E-state index contributed by atoms with van der Waals surface area (Å²) in [6.07, 6.45) is 0.725. The Morgan fingerprint density at radius 3 is 2.70 bits per heavy atom. The molecule has 23 heavy (non-hydrogen) atoms. The summed E-state index contributed by atoms with van der Waals surface area (Å²) in [5, 5.41) is 2.80. The van der Waals surface area contributed by atoms with Gasteiger partial charge in [0.2, 0.25) is 11.8 Å². The highest BCUT2D eigenvalue weighted by Gasteiger charge is 2.25. The van der Waals surface area contributed by atoms with Gasteiger partial charge in [0.1, 0.15) is 5.82 Å². The van der Waals surface area contributed by atoms with E-state index in [1.54, 1.807) is 29.2 Å². The van der Waals surface area contributed by atoms with Gasteiger partial charge in [-0.25, -0.2) is 4.39 Å². The second kappa shape index (κ2) is 6.20. The molecule has 1 heterocycles. The van der Waals surface area contributed by atoms with Gasteiger partial charge in [0.25, 0.3) is 0 Å². The number of rotatable bonds is 3. The Morgan fingerprint density at radius 1 is 1.17 bits per heavy atom. The smallest absolute Gasteiger partial charge is 0.228 e. The van der Waals surface area contributed by atoms with Crippen molar-refractivity contribution in [1.29, 1.82) is 0 Å². The Labute approximate surface area is 133 Å². The standard InChI is InChI=1S/C18H17FN2O2/c1-12(22)21-10-9-13-6-4-8-16(18(13)21)20-17(23)11-14-5-2-3-7-15(14)19/h2-8H,9-11H2,1H3,(H,20,23). The van der Waals surface area contributed by atoms with E-state index < -0.39 is 5.82 Å². The highest BCUT2D eigenvalue weighted by molar-refractivity contribution is 6.02. The van der Waals surface area contributed by atoms with Crippen molar-refractivity contribution in [3.63, 3.8) is 0 Å². The minimum atomic E-state index is -0.397. The lowest BCUT2D eigenvalue weighted by Crippen LogP contribution is -2.27. The number of carbonyl (C=O) groups is 2. The van der Waals surface area contributed by atoms with Crippen molar-refractivity contribution in [2.45, 2.75) is 19.8 Å². The van der Waals surface area contributed by atoms with E-state index in [9.17, 15) is 14.0 Å². The van der Waals surface area contributed by atoms with Gasteiger partial charge in [-0.15, -0.1) is 0 Å². The summed E-state index contributed by atoms with van der Waals surface area (Å²) in [5.74, 6) is -0.759. The van der Waals surface area contributed by atoms with Gasteiger partial charge in [-0.2, -0.15) is 0 Å². The van der Waals surface area contributed by atoms with Crippen molar-refractivity contribution in [1.82, 2.24) is 0 Å². The SMILES string of the molecule is CC(=O)N1CCc2cccc(NC(=O)Cc3ccccc3F)c21. The lowest BCUT2D eigenvalue weighted by atomic mass is 10.1. The number of hydrogen-bond acceptors (Lipinski definition) is 2. The number of amides is 2. The molecule has 2 aromatic carbocycles. The molecule has 3 rings (SSSR count). The van der Waals surface area contributed by atoms with Crippen LogP contribution in [0.5, 0.6) is 0 Å². The van der Waals surface area contributed by atoms with Crippen LogP contribution in [0.4, 0.5) is 15.8 Å². The number of benzene rings is 2. The van der Waals surface area contributed by atoms with Crippen molar-refractivity contribution in [3.8, 4) is 0 Å². The number of fused-ring (bicyclic) bond motifs is 1. The Hall–Kier alpha value is -2.69. The summed E-state index contributed by atoms with van der Waals surface area (Å²) in [6.45, 7) is 2.12. The van der Waals surface area contributed by atoms with Gasteiger partial charge in [0, 0.05) is 13.5 Å². The molecule has 4 nitrogen and oxygen atoms in total. The van der Waals surface area contributed by atoms with Gasteiger partial charge in [0.15, 0.2) is 0 Å². The van der Waals surface area contributed by atoms with Gasteiger partial charge >= 0.3 is 0 Å². The Balaban J connectivity index is 1.81. The van der Waals surface area contributed by atoms with Crippen LogP contribution in [0.2, 0.25) is 0 Å². The van der Waals surface area contributed by atoms with Crippen molar-refractivity contribution >= 4 is 23.2 Å². The first-order valence-corrected chi connectivity index (χ1v) is 7.49. The summed E-state index contributed by atoms with van der Waals surface area (Å²) in [5.41, 5.74) is 2.73. The maximum absolute atomic E-state index is 13.6. The molecule has 1 aliphatic heterocycles. The normalized spacial score (nSPS) is 12.9. The van der Waals surface area contributed by atoms with E-state index >= 15 is 0 Å². The summed E-state index contributed by atoms with van der Waals surface area (Å²) in [6, 6.07) is 11.8. The average Bonchev–Trinajstić information content (AvgIpc) is 2.95. The monoisotopic (exact) mass is 312 g/mol. The predicted octanol–water partition coefficient (Wildman–Crippen LogP) is 2.92. The van der Waals surface area contributed by atoms with Crippen LogP contribution in [-0.2, 0) is 22.4 Å². The largest absolute Gasteiger partial charge is 0.324 e. The zero-order chi connectivity index (χ0) is 16.4. The van der Waals surface area contributed by atoms with Gasteiger partial charge in [-0.1, -0.05) is 30.3 Å². The first kappa shape index (κ1) is 15.2. The minimum Gasteiger partial charge on any atom is -0.324 e. The third kappa shape index (κ3) is 3.08. The van der Waals surface area contributed by atoms with Gasteiger partial charge in [-0.3, -0.25) is 9.59 Å². The van der Waals surface area contributed by atoms with Gasteiger partial charge in [0.05, 0.1) is 17.8 Å². The third-order valence-corrected chi connectivity index (χ3v) is 3.96. The predicted molar refractivity (Wildman–Crippen MR) is 86.9 cm³/mol. The molecule has 5 heteroatoms. The van der Waals surface area contributed by atoms with Crippen LogP contribution >= 0.6 is 0 Å². The zero-order valence-electron chi connectivity index (χ0n) is 12.8. The fourth-order valence-corrected chi connectivity index (χ4v) is 2.88. The Morgan fingerprint density at radius 2 is 1.96 bits per heavy atom. The lowest BCUT2D eigenvalue weighted by Gasteiger charge is -2.19. The fourth-order valence-electron chi connectivity index (χ4n) is 2.88. The van der Waals surface area contributed by atoms with E-state index in [4.69, 9.17) is 0 Å². The first-order valence-electron chi connectivity index (χ1n) is 7.49. The lowest BCUT2D eigenvalue weighted by molar-refractivity contribution is -0.117. The number of nitrogens with zero attached hydrogens (tertiary/aromatic N) is 1. The molecule has 0 spiro atoms. The number of halogens is 1. The molecule has 0 fully saturated rings. The third-order valence-electron chi connectivity index (χ3n) is 3.96. The van der Waals surface area contributed by atoms with Crippen molar-refractivity contribution in [2.75, 3.05) is 16.8 Å². The van der Waals surface area contributed by atoms with Crippen molar-refractivity contribution in [2.24, 2.45) is 0 Å². The molecular formula is C18H17FN2O2. The summed E-state index contributed by atoms with van der Waals surface area (Å²) < 4.78 is 13.6. The molecule has 0 saturated carbocycles. The number of anilines is 2. The van der Waals surface area contributed by atoms with E-state index in [-0.39, 0.29) is 18.2 Å². The molecule has 0 radical (unpaired) electrons. The van der Waals surface area contributed by atoms with Crippen molar-refractivity contribution < 1.29 is 14.0 Å². The minimum absolute atomic E-state index is 0.0452. The van der Waals surface area contributed by atoms with Crippen LogP contribution in [0.15, 0.2) is 42.5 Å². The zero-order valence-corrected chi connectivity index (χ0v) is 12.8. The molecule has 0 unspecified atom stereocenters. The molecule has 1 N–H and O–H groups in total. The van der Waals surface area contributed by atoms with E-state index in [0.717, 1.165) is 17.7 Å². The van der Waals surface area contributed by atoms with Gasteiger partial charge < -0.3 is 10.2 Å². The highest BCUT2D eigenvalue weighted by atomic mass is 19.1. The van der Waals surface area contributed by atoms with Crippen molar-refractivity contribution in [3.05, 3.63) is 59.4 Å². The molecule has 0 saturated heterocycles. The second-order valence-electron chi connectivity index (χ2n) is 5.55. The van der Waals surface area contributed by atoms with E-state index in [1.807, 2.05) is 12.1 Å². The molecule has 2 aromatic rings. The van der Waals surface area contributed by atoms with E-state index in [0.29, 0.717) is 17.8 Å². The molecular weight excluding hydrogens is 295 g/mol. The summed E-state index contributed by atoms with van der Waals surface area (Å²) in [4.78, 5) is 25.6. The van der Waals surface area contributed by atoms with Crippen LogP contribution in [0, 0.1) is 5.82 Å². The molecule has 2 amide bonds. The Bertz CT molecular complexity index is 773. The maximum atomic E-state index is 13.6. The number of para-hydroxylation sites is 1. The summed E-state index contributed by atoms with van der Waals surface area (Å²) >= 11 is 0. The molecule has 0 bridgehead atoms. The van der Waals surface area contributed by atoms with Gasteiger partial charge in [-0.05, 0) is 29.7 Å². The number of carbonyl (C=O) groups excluding carboxylic acids is 2. The average molecular weight is 312 g/mol. The quantitative estimate of drug-likeness (QED) is 0.947. The number of nitrogens with one attached hydrogen (secondary N) is 1. The molecule has 1 aliphatic rings. The molecule has 0 aliphatic carbocycles. The first-order chi connectivity index (χ1) is 11.1. The Kier molecular flexibility index (Phi) is 4.10. The van der Waals surface area contributed by atoms with E-state index in [1.165, 1.54) is 13.0 Å². The molecule has 0 aromatic heterocycles. The van der Waals surface area contributed by atoms with Crippen LogP contribution in [0.3, 0.4) is 0 Å². The van der Waals surface area contributed by atoms with Crippen LogP contribution < -0.4 is 10.2 Å². The molecule has 0 atom stereocenters. The second-order valence-corrected chi connectivity index (χ2v) is 5.55. The van der Waals surface area contributed by atoms with Crippen LogP contribution in [0.1, 0.15) is 18.1 Å². The van der Waals surface area contributed by atoms with Crippen LogP contribution in [-0.4, -0.2) is 18.4 Å². The number of hydrogen-bond donors (Lipinski definition) is 1.